The summed E-state index contributed by atoms with van der Waals surface area (Å²) in [5.74, 6) is -1.22. The summed E-state index contributed by atoms with van der Waals surface area (Å²) in [5.41, 5.74) is 2.40. The molecule has 1 heterocycles. The first kappa shape index (κ1) is 23.2. The van der Waals surface area contributed by atoms with E-state index in [0.717, 1.165) is 11.1 Å². The summed E-state index contributed by atoms with van der Waals surface area (Å²) in [5, 5.41) is 2.58. The van der Waals surface area contributed by atoms with Crippen molar-refractivity contribution in [3.8, 4) is 0 Å². The molecule has 0 saturated carbocycles. The van der Waals surface area contributed by atoms with Crippen LogP contribution in [0.1, 0.15) is 21.5 Å². The predicted molar refractivity (Wildman–Crippen MR) is 116 cm³/mol. The number of halogens is 1. The van der Waals surface area contributed by atoms with Gasteiger partial charge in [0.1, 0.15) is 4.90 Å². The first-order chi connectivity index (χ1) is 14.7. The minimum Gasteiger partial charge on any atom is -0.452 e. The Balaban J connectivity index is 1.66. The highest BCUT2D eigenvalue weighted by Gasteiger charge is 2.28. The Hall–Kier alpha value is -2.46. The van der Waals surface area contributed by atoms with Crippen molar-refractivity contribution in [2.24, 2.45) is 0 Å². The van der Waals surface area contributed by atoms with Crippen molar-refractivity contribution in [1.82, 2.24) is 4.31 Å². The third-order valence-electron chi connectivity index (χ3n) is 4.59. The summed E-state index contributed by atoms with van der Waals surface area (Å²) in [7, 11) is -3.84. The lowest BCUT2D eigenvalue weighted by molar-refractivity contribution is -0.119. The van der Waals surface area contributed by atoms with E-state index >= 15 is 0 Å². The molecule has 0 spiro atoms. The number of nitrogens with zero attached hydrogens (tertiary/aromatic N) is 1. The summed E-state index contributed by atoms with van der Waals surface area (Å²) < 4.78 is 37.3. The maximum absolute atomic E-state index is 12.9. The Labute approximate surface area is 186 Å². The summed E-state index contributed by atoms with van der Waals surface area (Å²) in [6, 6.07) is 9.43. The zero-order valence-electron chi connectivity index (χ0n) is 17.2. The summed E-state index contributed by atoms with van der Waals surface area (Å²) in [4.78, 5) is 24.3. The standard InChI is InChI=1S/C21H23ClN2O6S/c1-14-9-15(2)11-16(10-14)21(26)30-13-20(25)23-17-3-4-18(22)19(12-17)31(27,28)24-5-7-29-8-6-24/h3-4,9-12H,5-8,13H2,1-2H3,(H,23,25). The second-order valence-electron chi connectivity index (χ2n) is 7.16. The highest BCUT2D eigenvalue weighted by atomic mass is 35.5. The van der Waals surface area contributed by atoms with Crippen LogP contribution in [0.5, 0.6) is 0 Å². The van der Waals surface area contributed by atoms with Crippen LogP contribution in [0, 0.1) is 13.8 Å². The van der Waals surface area contributed by atoms with Crippen LogP contribution in [0.25, 0.3) is 0 Å². The molecule has 1 fully saturated rings. The highest BCUT2D eigenvalue weighted by Crippen LogP contribution is 2.28. The van der Waals surface area contributed by atoms with Crippen molar-refractivity contribution in [3.05, 3.63) is 58.1 Å². The van der Waals surface area contributed by atoms with Gasteiger partial charge in [0.05, 0.1) is 23.8 Å². The number of carbonyl (C=O) groups excluding carboxylic acids is 2. The number of nitrogens with one attached hydrogen (secondary N) is 1. The Morgan fingerprint density at radius 2 is 1.74 bits per heavy atom. The SMILES string of the molecule is Cc1cc(C)cc(C(=O)OCC(=O)Nc2ccc(Cl)c(S(=O)(=O)N3CCOCC3)c2)c1. The van der Waals surface area contributed by atoms with E-state index in [1.54, 1.807) is 12.1 Å². The Kier molecular flexibility index (Phi) is 7.32. The highest BCUT2D eigenvalue weighted by molar-refractivity contribution is 7.89. The maximum Gasteiger partial charge on any atom is 0.338 e. The second kappa shape index (κ2) is 9.78. The van der Waals surface area contributed by atoms with Crippen molar-refractivity contribution < 1.29 is 27.5 Å². The number of amides is 1. The molecule has 0 bridgehead atoms. The van der Waals surface area contributed by atoms with E-state index in [1.807, 2.05) is 19.9 Å². The van der Waals surface area contributed by atoms with Crippen molar-refractivity contribution in [2.75, 3.05) is 38.2 Å². The number of esters is 1. The molecule has 0 unspecified atom stereocenters. The fraction of sp³-hybridized carbons (Fsp3) is 0.333. The molecule has 0 radical (unpaired) electrons. The normalized spacial score (nSPS) is 14.8. The lowest BCUT2D eigenvalue weighted by Crippen LogP contribution is -2.40. The van der Waals surface area contributed by atoms with Gasteiger partial charge in [0, 0.05) is 18.8 Å². The van der Waals surface area contributed by atoms with E-state index in [2.05, 4.69) is 5.32 Å². The zero-order valence-corrected chi connectivity index (χ0v) is 18.8. The van der Waals surface area contributed by atoms with Crippen LogP contribution in [0.2, 0.25) is 5.02 Å². The molecule has 31 heavy (non-hydrogen) atoms. The molecule has 2 aromatic rings. The summed E-state index contributed by atoms with van der Waals surface area (Å²) in [6.45, 7) is 4.27. The van der Waals surface area contributed by atoms with E-state index in [0.29, 0.717) is 18.8 Å². The number of aryl methyl sites for hydroxylation is 2. The molecule has 8 nitrogen and oxygen atoms in total. The van der Waals surface area contributed by atoms with Gasteiger partial charge in [-0.15, -0.1) is 0 Å². The zero-order chi connectivity index (χ0) is 22.6. The Bertz CT molecular complexity index is 1080. The van der Waals surface area contributed by atoms with Gasteiger partial charge in [-0.25, -0.2) is 13.2 Å². The minimum absolute atomic E-state index is 0.0470. The monoisotopic (exact) mass is 466 g/mol. The molecule has 1 aliphatic rings. The molecule has 10 heteroatoms. The molecule has 0 aromatic heterocycles. The smallest absolute Gasteiger partial charge is 0.338 e. The van der Waals surface area contributed by atoms with Gasteiger partial charge in [-0.2, -0.15) is 4.31 Å². The fourth-order valence-corrected chi connectivity index (χ4v) is 5.12. The maximum atomic E-state index is 12.9. The van der Waals surface area contributed by atoms with Gasteiger partial charge >= 0.3 is 5.97 Å². The molecule has 1 N–H and O–H groups in total. The summed E-state index contributed by atoms with van der Waals surface area (Å²) in [6.07, 6.45) is 0. The van der Waals surface area contributed by atoms with Crippen LogP contribution in [0.15, 0.2) is 41.3 Å². The van der Waals surface area contributed by atoms with E-state index < -0.39 is 28.5 Å². The number of rotatable bonds is 6. The van der Waals surface area contributed by atoms with E-state index in [-0.39, 0.29) is 28.7 Å². The van der Waals surface area contributed by atoms with Gasteiger partial charge in [-0.1, -0.05) is 28.8 Å². The van der Waals surface area contributed by atoms with Crippen molar-refractivity contribution in [3.63, 3.8) is 0 Å². The molecule has 1 amide bonds. The van der Waals surface area contributed by atoms with E-state index in [9.17, 15) is 18.0 Å². The molecule has 3 rings (SSSR count). The van der Waals surface area contributed by atoms with Crippen LogP contribution < -0.4 is 5.32 Å². The number of carbonyl (C=O) groups is 2. The number of ether oxygens (including phenoxy) is 2. The number of sulfonamides is 1. The number of anilines is 1. The van der Waals surface area contributed by atoms with Gasteiger partial charge in [0.25, 0.3) is 5.91 Å². The minimum atomic E-state index is -3.84. The van der Waals surface area contributed by atoms with E-state index in [4.69, 9.17) is 21.1 Å². The number of hydrogen-bond donors (Lipinski definition) is 1. The molecule has 1 saturated heterocycles. The topological polar surface area (TPSA) is 102 Å². The lowest BCUT2D eigenvalue weighted by atomic mass is 10.1. The second-order valence-corrected chi connectivity index (χ2v) is 9.48. The average Bonchev–Trinajstić information content (AvgIpc) is 2.73. The van der Waals surface area contributed by atoms with Crippen LogP contribution in [-0.2, 0) is 24.3 Å². The van der Waals surface area contributed by atoms with Crippen molar-refractivity contribution in [2.45, 2.75) is 18.7 Å². The largest absolute Gasteiger partial charge is 0.452 e. The quantitative estimate of drug-likeness (QED) is 0.657. The van der Waals surface area contributed by atoms with Crippen molar-refractivity contribution in [1.29, 1.82) is 0 Å². The van der Waals surface area contributed by atoms with Gasteiger partial charge in [-0.05, 0) is 44.2 Å². The molecule has 0 aliphatic carbocycles. The van der Waals surface area contributed by atoms with Gasteiger partial charge < -0.3 is 14.8 Å². The Morgan fingerprint density at radius 1 is 1.10 bits per heavy atom. The van der Waals surface area contributed by atoms with Crippen LogP contribution in [-0.4, -0.2) is 57.5 Å². The number of benzene rings is 2. The third-order valence-corrected chi connectivity index (χ3v) is 6.97. The molecule has 0 atom stereocenters. The molecular weight excluding hydrogens is 444 g/mol. The van der Waals surface area contributed by atoms with Gasteiger partial charge in [-0.3, -0.25) is 4.79 Å². The van der Waals surface area contributed by atoms with Gasteiger partial charge in [0.15, 0.2) is 6.61 Å². The van der Waals surface area contributed by atoms with Crippen LogP contribution >= 0.6 is 11.6 Å². The molecule has 1 aliphatic heterocycles. The predicted octanol–water partition coefficient (Wildman–Crippen LogP) is 2.77. The molecule has 2 aromatic carbocycles. The van der Waals surface area contributed by atoms with Crippen LogP contribution in [0.3, 0.4) is 0 Å². The first-order valence-electron chi connectivity index (χ1n) is 9.59. The Morgan fingerprint density at radius 3 is 2.39 bits per heavy atom. The lowest BCUT2D eigenvalue weighted by Gasteiger charge is -2.26. The van der Waals surface area contributed by atoms with Gasteiger partial charge in [0.2, 0.25) is 10.0 Å². The summed E-state index contributed by atoms with van der Waals surface area (Å²) >= 11 is 6.11. The van der Waals surface area contributed by atoms with E-state index in [1.165, 1.54) is 22.5 Å². The average molecular weight is 467 g/mol. The number of morpholine rings is 1. The van der Waals surface area contributed by atoms with Crippen LogP contribution in [0.4, 0.5) is 5.69 Å². The fourth-order valence-electron chi connectivity index (χ4n) is 3.21. The van der Waals surface area contributed by atoms with Crippen molar-refractivity contribution >= 4 is 39.2 Å². The third kappa shape index (κ3) is 5.82. The molecule has 166 valence electrons. The number of hydrogen-bond acceptors (Lipinski definition) is 6. The first-order valence-corrected chi connectivity index (χ1v) is 11.4. The molecular formula is C21H23ClN2O6S.